The van der Waals surface area contributed by atoms with Crippen LogP contribution in [-0.4, -0.2) is 0 Å². The van der Waals surface area contributed by atoms with Gasteiger partial charge in [0.05, 0.1) is 0 Å². The van der Waals surface area contributed by atoms with E-state index in [9.17, 15) is 0 Å². The topological polar surface area (TPSA) is 0 Å². The van der Waals surface area contributed by atoms with E-state index >= 15 is 0 Å². The van der Waals surface area contributed by atoms with Crippen LogP contribution in [0.2, 0.25) is 0 Å². The zero-order valence-corrected chi connectivity index (χ0v) is 10.1. The molecule has 0 radical (unpaired) electrons. The van der Waals surface area contributed by atoms with Gasteiger partial charge < -0.3 is 0 Å². The fourth-order valence-electron chi connectivity index (χ4n) is 2.15. The maximum absolute atomic E-state index is 2.44. The summed E-state index contributed by atoms with van der Waals surface area (Å²) in [6, 6.07) is 0. The first kappa shape index (κ1) is 11.1. The molecule has 0 N–H and O–H groups in total. The number of hydrogen-bond donors (Lipinski definition) is 0. The first-order valence-corrected chi connectivity index (χ1v) is 5.96. The zero-order chi connectivity index (χ0) is 10.1. The Balaban J connectivity index is 2.18. The Morgan fingerprint density at radius 3 is 2.31 bits per heavy atom. The van der Waals surface area contributed by atoms with Gasteiger partial charge in [-0.15, -0.1) is 0 Å². The summed E-state index contributed by atoms with van der Waals surface area (Å²) in [5, 5.41) is 0. The molecular formula is C13H26. The van der Waals surface area contributed by atoms with Crippen molar-refractivity contribution in [3.63, 3.8) is 0 Å². The SMILES string of the molecule is CCC(C)(C)CCC(C)C1CC1C. The van der Waals surface area contributed by atoms with Gasteiger partial charge in [-0.05, 0) is 42.4 Å². The van der Waals surface area contributed by atoms with E-state index in [0.717, 1.165) is 17.8 Å². The van der Waals surface area contributed by atoms with Crippen LogP contribution in [0.4, 0.5) is 0 Å². The molecule has 0 nitrogen and oxygen atoms in total. The van der Waals surface area contributed by atoms with Crippen LogP contribution in [0.3, 0.4) is 0 Å². The molecule has 0 aromatic rings. The molecule has 3 atom stereocenters. The van der Waals surface area contributed by atoms with E-state index in [0.29, 0.717) is 5.41 Å². The molecular weight excluding hydrogens is 156 g/mol. The van der Waals surface area contributed by atoms with Gasteiger partial charge >= 0.3 is 0 Å². The Kier molecular flexibility index (Phi) is 3.43. The molecule has 1 fully saturated rings. The first-order valence-electron chi connectivity index (χ1n) is 5.96. The van der Waals surface area contributed by atoms with Crippen molar-refractivity contribution in [2.24, 2.45) is 23.2 Å². The molecule has 0 amide bonds. The highest BCUT2D eigenvalue weighted by molar-refractivity contribution is 4.86. The van der Waals surface area contributed by atoms with Gasteiger partial charge in [0.2, 0.25) is 0 Å². The second-order valence-corrected chi connectivity index (χ2v) is 5.91. The van der Waals surface area contributed by atoms with Gasteiger partial charge in [-0.2, -0.15) is 0 Å². The Hall–Kier alpha value is 0. The monoisotopic (exact) mass is 182 g/mol. The van der Waals surface area contributed by atoms with Crippen LogP contribution in [0.1, 0.15) is 60.3 Å². The quantitative estimate of drug-likeness (QED) is 0.587. The molecule has 0 heterocycles. The minimum Gasteiger partial charge on any atom is -0.0649 e. The highest BCUT2D eigenvalue weighted by Gasteiger charge is 2.37. The highest BCUT2D eigenvalue weighted by Crippen LogP contribution is 2.46. The van der Waals surface area contributed by atoms with Gasteiger partial charge in [0, 0.05) is 0 Å². The van der Waals surface area contributed by atoms with Gasteiger partial charge in [0.25, 0.3) is 0 Å². The van der Waals surface area contributed by atoms with Gasteiger partial charge in [-0.3, -0.25) is 0 Å². The summed E-state index contributed by atoms with van der Waals surface area (Å²) in [7, 11) is 0. The van der Waals surface area contributed by atoms with E-state index in [1.807, 2.05) is 0 Å². The molecule has 1 saturated carbocycles. The maximum Gasteiger partial charge on any atom is -0.0357 e. The molecule has 0 heteroatoms. The zero-order valence-electron chi connectivity index (χ0n) is 10.1. The summed E-state index contributed by atoms with van der Waals surface area (Å²) in [5.74, 6) is 3.06. The molecule has 3 unspecified atom stereocenters. The third-order valence-electron chi connectivity index (χ3n) is 4.14. The molecule has 0 aromatic carbocycles. The van der Waals surface area contributed by atoms with Crippen molar-refractivity contribution < 1.29 is 0 Å². The fraction of sp³-hybridized carbons (Fsp3) is 1.00. The van der Waals surface area contributed by atoms with Gasteiger partial charge in [-0.25, -0.2) is 0 Å². The molecule has 0 aromatic heterocycles. The average molecular weight is 182 g/mol. The minimum absolute atomic E-state index is 0.576. The second kappa shape index (κ2) is 4.02. The molecule has 13 heavy (non-hydrogen) atoms. The standard InChI is InChI=1S/C13H26/c1-6-13(4,5)8-7-10(2)12-9-11(12)3/h10-12H,6-9H2,1-5H3. The van der Waals surface area contributed by atoms with Crippen LogP contribution in [0.25, 0.3) is 0 Å². The van der Waals surface area contributed by atoms with E-state index < -0.39 is 0 Å². The van der Waals surface area contributed by atoms with Crippen LogP contribution in [0.5, 0.6) is 0 Å². The van der Waals surface area contributed by atoms with E-state index in [-0.39, 0.29) is 0 Å². The average Bonchev–Trinajstić information content (AvgIpc) is 2.79. The Labute approximate surface area is 84.1 Å². The van der Waals surface area contributed by atoms with Gasteiger partial charge in [0.1, 0.15) is 0 Å². The largest absolute Gasteiger partial charge is 0.0649 e. The third kappa shape index (κ3) is 3.32. The third-order valence-corrected chi connectivity index (χ3v) is 4.14. The lowest BCUT2D eigenvalue weighted by atomic mass is 9.82. The van der Waals surface area contributed by atoms with Crippen molar-refractivity contribution in [3.05, 3.63) is 0 Å². The van der Waals surface area contributed by atoms with Crippen LogP contribution in [0.15, 0.2) is 0 Å². The van der Waals surface area contributed by atoms with Crippen molar-refractivity contribution in [1.82, 2.24) is 0 Å². The molecule has 0 aliphatic heterocycles. The smallest absolute Gasteiger partial charge is 0.0357 e. The summed E-state index contributed by atoms with van der Waals surface area (Å²) in [6.45, 7) is 11.9. The van der Waals surface area contributed by atoms with Gasteiger partial charge in [0.15, 0.2) is 0 Å². The van der Waals surface area contributed by atoms with Crippen LogP contribution in [0, 0.1) is 23.2 Å². The lowest BCUT2D eigenvalue weighted by Gasteiger charge is -2.24. The normalized spacial score (nSPS) is 30.2. The van der Waals surface area contributed by atoms with E-state index in [4.69, 9.17) is 0 Å². The van der Waals surface area contributed by atoms with Crippen molar-refractivity contribution in [2.75, 3.05) is 0 Å². The highest BCUT2D eigenvalue weighted by atomic mass is 14.4. The van der Waals surface area contributed by atoms with Crippen LogP contribution >= 0.6 is 0 Å². The summed E-state index contributed by atoms with van der Waals surface area (Å²) in [5.41, 5.74) is 0.576. The molecule has 1 aliphatic rings. The Morgan fingerprint density at radius 2 is 1.92 bits per heavy atom. The van der Waals surface area contributed by atoms with Crippen molar-refractivity contribution in [1.29, 1.82) is 0 Å². The number of rotatable bonds is 5. The molecule has 0 spiro atoms. The van der Waals surface area contributed by atoms with Crippen molar-refractivity contribution in [3.8, 4) is 0 Å². The summed E-state index contributed by atoms with van der Waals surface area (Å²) < 4.78 is 0. The summed E-state index contributed by atoms with van der Waals surface area (Å²) >= 11 is 0. The lowest BCUT2D eigenvalue weighted by molar-refractivity contribution is 0.276. The number of hydrogen-bond acceptors (Lipinski definition) is 0. The van der Waals surface area contributed by atoms with Crippen molar-refractivity contribution >= 4 is 0 Å². The summed E-state index contributed by atoms with van der Waals surface area (Å²) in [6.07, 6.45) is 5.66. The Bertz CT molecular complexity index is 157. The van der Waals surface area contributed by atoms with Crippen LogP contribution in [-0.2, 0) is 0 Å². The minimum atomic E-state index is 0.576. The lowest BCUT2D eigenvalue weighted by Crippen LogP contribution is -2.12. The summed E-state index contributed by atoms with van der Waals surface area (Å²) in [4.78, 5) is 0. The van der Waals surface area contributed by atoms with Gasteiger partial charge in [-0.1, -0.05) is 41.0 Å². The first-order chi connectivity index (χ1) is 5.96. The molecule has 78 valence electrons. The van der Waals surface area contributed by atoms with E-state index in [1.54, 1.807) is 0 Å². The fourth-order valence-corrected chi connectivity index (χ4v) is 2.15. The molecule has 0 bridgehead atoms. The van der Waals surface area contributed by atoms with E-state index in [1.165, 1.54) is 25.7 Å². The molecule has 0 saturated heterocycles. The van der Waals surface area contributed by atoms with Crippen LogP contribution < -0.4 is 0 Å². The predicted molar refractivity (Wildman–Crippen MR) is 59.7 cm³/mol. The second-order valence-electron chi connectivity index (χ2n) is 5.91. The van der Waals surface area contributed by atoms with E-state index in [2.05, 4.69) is 34.6 Å². The molecule has 1 rings (SSSR count). The van der Waals surface area contributed by atoms with Crippen molar-refractivity contribution in [2.45, 2.75) is 60.3 Å². The predicted octanol–water partition coefficient (Wildman–Crippen LogP) is 4.49. The Morgan fingerprint density at radius 1 is 1.38 bits per heavy atom. The maximum atomic E-state index is 2.44. The molecule has 1 aliphatic carbocycles.